The second-order valence-corrected chi connectivity index (χ2v) is 5.64. The number of nitrogens with one attached hydrogen (secondary N) is 1. The Morgan fingerprint density at radius 2 is 2.32 bits per heavy atom. The maximum atomic E-state index is 5.83. The molecule has 2 rings (SSSR count). The molecular weight excluding hydrogens is 242 g/mol. The Labute approximate surface area is 115 Å². The van der Waals surface area contributed by atoms with E-state index in [1.165, 1.54) is 5.56 Å². The van der Waals surface area contributed by atoms with Gasteiger partial charge in [-0.1, -0.05) is 13.8 Å². The minimum Gasteiger partial charge on any atom is -0.462 e. The summed E-state index contributed by atoms with van der Waals surface area (Å²) in [5.74, 6) is 2.58. The minimum atomic E-state index is 0.230. The molecule has 1 aliphatic rings. The second kappa shape index (κ2) is 7.08. The lowest BCUT2D eigenvalue weighted by Gasteiger charge is -2.08. The molecule has 0 amide bonds. The smallest absolute Gasteiger partial charge is 0.130 e. The SMILES string of the molecule is Cc1cc(COC2CCOC2)oc1CNCC(C)C. The first-order valence-electron chi connectivity index (χ1n) is 7.13. The predicted molar refractivity (Wildman–Crippen MR) is 74.0 cm³/mol. The molecule has 0 aromatic carbocycles. The highest BCUT2D eigenvalue weighted by Crippen LogP contribution is 2.17. The van der Waals surface area contributed by atoms with Crippen LogP contribution in [0, 0.1) is 12.8 Å². The van der Waals surface area contributed by atoms with Crippen molar-refractivity contribution in [2.75, 3.05) is 19.8 Å². The first kappa shape index (κ1) is 14.6. The zero-order valence-electron chi connectivity index (χ0n) is 12.2. The van der Waals surface area contributed by atoms with E-state index in [1.54, 1.807) is 0 Å². The van der Waals surface area contributed by atoms with Crippen molar-refractivity contribution in [3.63, 3.8) is 0 Å². The van der Waals surface area contributed by atoms with Crippen molar-refractivity contribution in [1.82, 2.24) is 5.32 Å². The van der Waals surface area contributed by atoms with E-state index in [4.69, 9.17) is 13.9 Å². The van der Waals surface area contributed by atoms with Crippen LogP contribution in [0.1, 0.15) is 37.4 Å². The highest BCUT2D eigenvalue weighted by Gasteiger charge is 2.17. The maximum Gasteiger partial charge on any atom is 0.130 e. The van der Waals surface area contributed by atoms with Crippen LogP contribution in [0.4, 0.5) is 0 Å². The summed E-state index contributed by atoms with van der Waals surface area (Å²) in [6, 6.07) is 2.07. The third kappa shape index (κ3) is 4.64. The van der Waals surface area contributed by atoms with Crippen molar-refractivity contribution in [2.45, 2.75) is 46.4 Å². The van der Waals surface area contributed by atoms with E-state index in [-0.39, 0.29) is 6.10 Å². The molecular formula is C15H25NO3. The molecule has 1 N–H and O–H groups in total. The molecule has 0 radical (unpaired) electrons. The number of ether oxygens (including phenoxy) is 2. The summed E-state index contributed by atoms with van der Waals surface area (Å²) in [5, 5.41) is 3.40. The lowest BCUT2D eigenvalue weighted by Crippen LogP contribution is -2.19. The molecule has 1 unspecified atom stereocenters. The van der Waals surface area contributed by atoms with Crippen molar-refractivity contribution >= 4 is 0 Å². The molecule has 4 heteroatoms. The Balaban J connectivity index is 1.78. The predicted octanol–water partition coefficient (Wildman–Crippen LogP) is 2.64. The fraction of sp³-hybridized carbons (Fsp3) is 0.733. The fourth-order valence-electron chi connectivity index (χ4n) is 2.16. The molecule has 0 aliphatic carbocycles. The fourth-order valence-corrected chi connectivity index (χ4v) is 2.16. The highest BCUT2D eigenvalue weighted by molar-refractivity contribution is 5.19. The highest BCUT2D eigenvalue weighted by atomic mass is 16.5. The molecule has 0 saturated carbocycles. The number of furan rings is 1. The zero-order valence-corrected chi connectivity index (χ0v) is 12.2. The topological polar surface area (TPSA) is 43.6 Å². The summed E-state index contributed by atoms with van der Waals surface area (Å²) < 4.78 is 16.9. The number of hydrogen-bond acceptors (Lipinski definition) is 4. The van der Waals surface area contributed by atoms with Crippen LogP contribution in [-0.2, 0) is 22.6 Å². The van der Waals surface area contributed by atoms with Crippen molar-refractivity contribution in [3.05, 3.63) is 23.2 Å². The average molecular weight is 267 g/mol. The number of hydrogen-bond donors (Lipinski definition) is 1. The van der Waals surface area contributed by atoms with E-state index in [2.05, 4.69) is 32.2 Å². The molecule has 1 atom stereocenters. The lowest BCUT2D eigenvalue weighted by molar-refractivity contribution is 0.0230. The zero-order chi connectivity index (χ0) is 13.7. The van der Waals surface area contributed by atoms with E-state index in [9.17, 15) is 0 Å². The summed E-state index contributed by atoms with van der Waals surface area (Å²) in [6.45, 7) is 10.3. The van der Waals surface area contributed by atoms with Gasteiger partial charge in [0.15, 0.2) is 0 Å². The molecule has 1 saturated heterocycles. The average Bonchev–Trinajstić information content (AvgIpc) is 2.97. The van der Waals surface area contributed by atoms with E-state index in [0.29, 0.717) is 19.1 Å². The standard InChI is InChI=1S/C15H25NO3/c1-11(2)7-16-8-15-12(3)6-14(19-15)10-18-13-4-5-17-9-13/h6,11,13,16H,4-5,7-10H2,1-3H3. The van der Waals surface area contributed by atoms with Gasteiger partial charge in [0.1, 0.15) is 18.1 Å². The van der Waals surface area contributed by atoms with Gasteiger partial charge in [0.2, 0.25) is 0 Å². The Hall–Kier alpha value is -0.840. The monoisotopic (exact) mass is 267 g/mol. The third-order valence-electron chi connectivity index (χ3n) is 3.26. The molecule has 0 bridgehead atoms. The van der Waals surface area contributed by atoms with E-state index in [1.807, 2.05) is 0 Å². The molecule has 1 aliphatic heterocycles. The van der Waals surface area contributed by atoms with Crippen LogP contribution in [0.2, 0.25) is 0 Å². The molecule has 108 valence electrons. The van der Waals surface area contributed by atoms with Crippen LogP contribution in [0.5, 0.6) is 0 Å². The number of aryl methyl sites for hydroxylation is 1. The third-order valence-corrected chi connectivity index (χ3v) is 3.26. The van der Waals surface area contributed by atoms with Crippen molar-refractivity contribution in [3.8, 4) is 0 Å². The van der Waals surface area contributed by atoms with Gasteiger partial charge in [0.25, 0.3) is 0 Å². The van der Waals surface area contributed by atoms with Crippen molar-refractivity contribution in [2.24, 2.45) is 5.92 Å². The summed E-state index contributed by atoms with van der Waals surface area (Å²) >= 11 is 0. The number of rotatable bonds is 7. The minimum absolute atomic E-state index is 0.230. The van der Waals surface area contributed by atoms with Crippen LogP contribution in [0.3, 0.4) is 0 Å². The lowest BCUT2D eigenvalue weighted by atomic mass is 10.2. The van der Waals surface area contributed by atoms with Gasteiger partial charge in [-0.15, -0.1) is 0 Å². The van der Waals surface area contributed by atoms with Gasteiger partial charge in [-0.25, -0.2) is 0 Å². The normalized spacial score (nSPS) is 19.5. The summed E-state index contributed by atoms with van der Waals surface area (Å²) in [7, 11) is 0. The van der Waals surface area contributed by atoms with Gasteiger partial charge in [-0.05, 0) is 37.4 Å². The Morgan fingerprint density at radius 1 is 1.47 bits per heavy atom. The van der Waals surface area contributed by atoms with Gasteiger partial charge in [0, 0.05) is 6.61 Å². The summed E-state index contributed by atoms with van der Waals surface area (Å²) in [5.41, 5.74) is 1.19. The van der Waals surface area contributed by atoms with E-state index >= 15 is 0 Å². The molecule has 2 heterocycles. The van der Waals surface area contributed by atoms with Crippen LogP contribution in [-0.4, -0.2) is 25.9 Å². The van der Waals surface area contributed by atoms with Crippen molar-refractivity contribution in [1.29, 1.82) is 0 Å². The Bertz CT molecular complexity index is 381. The first-order valence-corrected chi connectivity index (χ1v) is 7.13. The van der Waals surface area contributed by atoms with Gasteiger partial charge in [-0.3, -0.25) is 0 Å². The molecule has 0 spiro atoms. The summed E-state index contributed by atoms with van der Waals surface area (Å²) in [6.07, 6.45) is 1.22. The molecule has 1 fully saturated rings. The second-order valence-electron chi connectivity index (χ2n) is 5.64. The van der Waals surface area contributed by atoms with Crippen LogP contribution >= 0.6 is 0 Å². The Kier molecular flexibility index (Phi) is 5.43. The van der Waals surface area contributed by atoms with Crippen LogP contribution in [0.15, 0.2) is 10.5 Å². The van der Waals surface area contributed by atoms with E-state index in [0.717, 1.165) is 37.6 Å². The largest absolute Gasteiger partial charge is 0.462 e. The van der Waals surface area contributed by atoms with Crippen LogP contribution < -0.4 is 5.32 Å². The van der Waals surface area contributed by atoms with E-state index < -0.39 is 0 Å². The summed E-state index contributed by atoms with van der Waals surface area (Å²) in [4.78, 5) is 0. The van der Waals surface area contributed by atoms with Gasteiger partial charge < -0.3 is 19.2 Å². The van der Waals surface area contributed by atoms with Gasteiger partial charge in [-0.2, -0.15) is 0 Å². The maximum absolute atomic E-state index is 5.83. The molecule has 19 heavy (non-hydrogen) atoms. The molecule has 4 nitrogen and oxygen atoms in total. The molecule has 1 aromatic heterocycles. The Morgan fingerprint density at radius 3 is 3.00 bits per heavy atom. The quantitative estimate of drug-likeness (QED) is 0.825. The van der Waals surface area contributed by atoms with Crippen molar-refractivity contribution < 1.29 is 13.9 Å². The van der Waals surface area contributed by atoms with Crippen LogP contribution in [0.25, 0.3) is 0 Å². The molecule has 1 aromatic rings. The first-order chi connectivity index (χ1) is 9.15. The van der Waals surface area contributed by atoms with Gasteiger partial charge >= 0.3 is 0 Å². The van der Waals surface area contributed by atoms with Gasteiger partial charge in [0.05, 0.1) is 19.3 Å².